The summed E-state index contributed by atoms with van der Waals surface area (Å²) in [6.07, 6.45) is 0. The zero-order chi connectivity index (χ0) is 22.4. The number of carboxylic acid groups (broad SMARTS) is 1. The lowest BCUT2D eigenvalue weighted by atomic mass is 10.1. The number of hydrogen-bond donors (Lipinski definition) is 2. The van der Waals surface area contributed by atoms with Gasteiger partial charge in [0.25, 0.3) is 0 Å². The molecule has 3 aromatic rings. The van der Waals surface area contributed by atoms with Crippen LogP contribution in [0.1, 0.15) is 19.4 Å². The molecule has 0 aliphatic carbocycles. The number of rotatable bonds is 9. The summed E-state index contributed by atoms with van der Waals surface area (Å²) < 4.78 is 33.1. The molecule has 0 saturated heterocycles. The second kappa shape index (κ2) is 9.76. The molecule has 0 heterocycles. The summed E-state index contributed by atoms with van der Waals surface area (Å²) >= 11 is 0. The van der Waals surface area contributed by atoms with Crippen LogP contribution in [0.15, 0.2) is 83.8 Å². The van der Waals surface area contributed by atoms with Crippen LogP contribution in [0.4, 0.5) is 0 Å². The van der Waals surface area contributed by atoms with Gasteiger partial charge in [-0.05, 0) is 46.9 Å². The maximum Gasteiger partial charge on any atom is 0.322 e. The minimum absolute atomic E-state index is 0.0194. The first-order valence-electron chi connectivity index (χ1n) is 9.88. The molecule has 1 unspecified atom stereocenters. The third-order valence-electron chi connectivity index (χ3n) is 4.82. The van der Waals surface area contributed by atoms with Gasteiger partial charge in [0.2, 0.25) is 10.0 Å². The van der Waals surface area contributed by atoms with Crippen molar-refractivity contribution in [1.82, 2.24) is 4.72 Å². The number of benzene rings is 3. The van der Waals surface area contributed by atoms with Gasteiger partial charge in [0.05, 0.1) is 4.90 Å². The van der Waals surface area contributed by atoms with E-state index in [4.69, 9.17) is 4.74 Å². The van der Waals surface area contributed by atoms with E-state index in [1.54, 1.807) is 26.0 Å². The molecule has 0 saturated carbocycles. The van der Waals surface area contributed by atoms with Crippen molar-refractivity contribution in [2.24, 2.45) is 5.92 Å². The number of sulfonamides is 1. The van der Waals surface area contributed by atoms with Gasteiger partial charge in [-0.3, -0.25) is 4.79 Å². The summed E-state index contributed by atoms with van der Waals surface area (Å²) in [6, 6.07) is 22.6. The van der Waals surface area contributed by atoms with Crippen LogP contribution in [0.5, 0.6) is 5.75 Å². The topological polar surface area (TPSA) is 92.7 Å². The zero-order valence-corrected chi connectivity index (χ0v) is 18.2. The average molecular weight is 440 g/mol. The van der Waals surface area contributed by atoms with Gasteiger partial charge < -0.3 is 9.84 Å². The van der Waals surface area contributed by atoms with Crippen LogP contribution in [0.2, 0.25) is 0 Å². The van der Waals surface area contributed by atoms with Crippen LogP contribution in [-0.2, 0) is 21.4 Å². The Hall–Kier alpha value is -3.16. The molecule has 0 fully saturated rings. The molecular weight excluding hydrogens is 414 g/mol. The van der Waals surface area contributed by atoms with Crippen molar-refractivity contribution in [3.05, 3.63) is 84.4 Å². The Bertz CT molecular complexity index is 1110. The van der Waals surface area contributed by atoms with Gasteiger partial charge in [-0.25, -0.2) is 8.42 Å². The van der Waals surface area contributed by atoms with E-state index < -0.39 is 22.0 Å². The fourth-order valence-electron chi connectivity index (χ4n) is 3.02. The molecule has 0 aliphatic rings. The summed E-state index contributed by atoms with van der Waals surface area (Å²) in [6.45, 7) is 3.78. The predicted molar refractivity (Wildman–Crippen MR) is 119 cm³/mol. The monoisotopic (exact) mass is 439 g/mol. The third kappa shape index (κ3) is 5.93. The van der Waals surface area contributed by atoms with Gasteiger partial charge in [-0.1, -0.05) is 68.4 Å². The number of carbonyl (C=O) groups is 1. The molecule has 6 nitrogen and oxygen atoms in total. The average Bonchev–Trinajstić information content (AvgIpc) is 2.77. The maximum absolute atomic E-state index is 12.5. The molecule has 2 N–H and O–H groups in total. The Labute approximate surface area is 182 Å². The highest BCUT2D eigenvalue weighted by atomic mass is 32.2. The predicted octanol–water partition coefficient (Wildman–Crippen LogP) is 4.32. The Morgan fingerprint density at radius 1 is 0.903 bits per heavy atom. The van der Waals surface area contributed by atoms with E-state index in [0.717, 1.165) is 22.4 Å². The lowest BCUT2D eigenvalue weighted by Gasteiger charge is -2.18. The smallest absolute Gasteiger partial charge is 0.322 e. The number of ether oxygens (including phenoxy) is 1. The highest BCUT2D eigenvalue weighted by Crippen LogP contribution is 2.24. The Morgan fingerprint density at radius 3 is 1.97 bits per heavy atom. The molecule has 7 heteroatoms. The molecule has 162 valence electrons. The van der Waals surface area contributed by atoms with Crippen molar-refractivity contribution in [2.45, 2.75) is 31.4 Å². The van der Waals surface area contributed by atoms with Gasteiger partial charge in [0.15, 0.2) is 0 Å². The van der Waals surface area contributed by atoms with Crippen molar-refractivity contribution in [3.8, 4) is 16.9 Å². The number of aliphatic carboxylic acids is 1. The van der Waals surface area contributed by atoms with E-state index in [1.165, 1.54) is 12.1 Å². The van der Waals surface area contributed by atoms with Crippen molar-refractivity contribution in [3.63, 3.8) is 0 Å². The summed E-state index contributed by atoms with van der Waals surface area (Å²) in [5.41, 5.74) is 2.83. The first-order valence-corrected chi connectivity index (χ1v) is 11.4. The first kappa shape index (κ1) is 22.5. The quantitative estimate of drug-likeness (QED) is 0.518. The van der Waals surface area contributed by atoms with Crippen LogP contribution in [0.3, 0.4) is 0 Å². The zero-order valence-electron chi connectivity index (χ0n) is 17.4. The molecule has 3 rings (SSSR count). The van der Waals surface area contributed by atoms with E-state index in [-0.39, 0.29) is 10.8 Å². The Kier molecular flexibility index (Phi) is 7.09. The van der Waals surface area contributed by atoms with E-state index in [2.05, 4.69) is 4.72 Å². The lowest BCUT2D eigenvalue weighted by molar-refractivity contribution is -0.140. The molecule has 0 spiro atoms. The Balaban J connectivity index is 1.68. The van der Waals surface area contributed by atoms with E-state index >= 15 is 0 Å². The van der Waals surface area contributed by atoms with Gasteiger partial charge >= 0.3 is 5.97 Å². The minimum Gasteiger partial charge on any atom is -0.489 e. The highest BCUT2D eigenvalue weighted by Gasteiger charge is 2.27. The van der Waals surface area contributed by atoms with Crippen molar-refractivity contribution in [2.75, 3.05) is 0 Å². The van der Waals surface area contributed by atoms with Gasteiger partial charge in [-0.2, -0.15) is 4.72 Å². The van der Waals surface area contributed by atoms with Gasteiger partial charge in [0.1, 0.15) is 18.4 Å². The van der Waals surface area contributed by atoms with Crippen LogP contribution in [0.25, 0.3) is 11.1 Å². The normalized spacial score (nSPS) is 12.5. The van der Waals surface area contributed by atoms with E-state index in [0.29, 0.717) is 6.61 Å². The fraction of sp³-hybridized carbons (Fsp3) is 0.208. The van der Waals surface area contributed by atoms with Crippen LogP contribution in [0, 0.1) is 5.92 Å². The lowest BCUT2D eigenvalue weighted by Crippen LogP contribution is -2.44. The Morgan fingerprint density at radius 2 is 1.45 bits per heavy atom. The molecule has 0 aromatic heterocycles. The van der Waals surface area contributed by atoms with E-state index in [1.807, 2.05) is 54.6 Å². The second-order valence-corrected chi connectivity index (χ2v) is 9.22. The largest absolute Gasteiger partial charge is 0.489 e. The van der Waals surface area contributed by atoms with Crippen LogP contribution < -0.4 is 9.46 Å². The molecule has 1 atom stereocenters. The molecular formula is C24H25NO5S. The molecule has 3 aromatic carbocycles. The second-order valence-electron chi connectivity index (χ2n) is 7.50. The van der Waals surface area contributed by atoms with Gasteiger partial charge in [0, 0.05) is 0 Å². The van der Waals surface area contributed by atoms with E-state index in [9.17, 15) is 18.3 Å². The fourth-order valence-corrected chi connectivity index (χ4v) is 4.36. The van der Waals surface area contributed by atoms with Crippen LogP contribution in [-0.4, -0.2) is 25.5 Å². The van der Waals surface area contributed by atoms with Crippen molar-refractivity contribution >= 4 is 16.0 Å². The highest BCUT2D eigenvalue weighted by molar-refractivity contribution is 7.89. The number of carboxylic acids is 1. The van der Waals surface area contributed by atoms with Crippen molar-refractivity contribution < 1.29 is 23.1 Å². The molecule has 0 amide bonds. The number of hydrogen-bond acceptors (Lipinski definition) is 4. The van der Waals surface area contributed by atoms with Crippen LogP contribution >= 0.6 is 0 Å². The standard InChI is InChI=1S/C24H25NO5S/c1-17(2)23(24(26)27)25-31(28,29)22-14-10-20(11-15-22)19-8-12-21(13-9-19)30-16-18-6-4-3-5-7-18/h3-15,17,23,25H,16H2,1-2H3,(H,26,27). The van der Waals surface area contributed by atoms with Gasteiger partial charge in [-0.15, -0.1) is 0 Å². The summed E-state index contributed by atoms with van der Waals surface area (Å²) in [5.74, 6) is -0.844. The summed E-state index contributed by atoms with van der Waals surface area (Å²) in [4.78, 5) is 11.3. The SMILES string of the molecule is CC(C)C(NS(=O)(=O)c1ccc(-c2ccc(OCc3ccccc3)cc2)cc1)C(=O)O. The molecule has 31 heavy (non-hydrogen) atoms. The molecule has 0 bridgehead atoms. The molecule has 0 radical (unpaired) electrons. The number of nitrogens with one attached hydrogen (secondary N) is 1. The first-order chi connectivity index (χ1) is 14.8. The summed E-state index contributed by atoms with van der Waals surface area (Å²) in [5, 5.41) is 9.23. The minimum atomic E-state index is -3.94. The third-order valence-corrected chi connectivity index (χ3v) is 6.27. The van der Waals surface area contributed by atoms with Crippen molar-refractivity contribution in [1.29, 1.82) is 0 Å². The summed E-state index contributed by atoms with van der Waals surface area (Å²) in [7, 11) is -3.94. The molecule has 0 aliphatic heterocycles. The maximum atomic E-state index is 12.5.